The van der Waals surface area contributed by atoms with Crippen LogP contribution in [0.3, 0.4) is 0 Å². The minimum atomic E-state index is -0.166. The quantitative estimate of drug-likeness (QED) is 0.659. The van der Waals surface area contributed by atoms with Crippen molar-refractivity contribution in [1.29, 1.82) is 0 Å². The number of rotatable bonds is 2. The van der Waals surface area contributed by atoms with Gasteiger partial charge in [0, 0.05) is 36.3 Å². The fourth-order valence-electron chi connectivity index (χ4n) is 3.72. The highest BCUT2D eigenvalue weighted by Crippen LogP contribution is 2.33. The van der Waals surface area contributed by atoms with E-state index in [4.69, 9.17) is 0 Å². The van der Waals surface area contributed by atoms with Gasteiger partial charge in [-0.25, -0.2) is 4.39 Å². The number of halogens is 1. The van der Waals surface area contributed by atoms with Crippen molar-refractivity contribution in [2.24, 2.45) is 0 Å². The fourth-order valence-corrected chi connectivity index (χ4v) is 3.72. The Kier molecular flexibility index (Phi) is 3.73. The van der Waals surface area contributed by atoms with E-state index in [0.29, 0.717) is 0 Å². The van der Waals surface area contributed by atoms with Crippen molar-refractivity contribution in [3.8, 4) is 0 Å². The lowest BCUT2D eigenvalue weighted by atomic mass is 10.0. The van der Waals surface area contributed by atoms with E-state index in [1.165, 1.54) is 22.5 Å². The van der Waals surface area contributed by atoms with Crippen LogP contribution in [0.1, 0.15) is 23.7 Å². The second-order valence-corrected chi connectivity index (χ2v) is 6.61. The second kappa shape index (κ2) is 5.91. The molecule has 0 N–H and O–H groups in total. The highest BCUT2D eigenvalue weighted by molar-refractivity contribution is 5.90. The molecule has 1 aliphatic rings. The van der Waals surface area contributed by atoms with Crippen LogP contribution in [-0.2, 0) is 13.0 Å². The molecule has 2 heterocycles. The van der Waals surface area contributed by atoms with E-state index in [-0.39, 0.29) is 5.82 Å². The zero-order valence-corrected chi connectivity index (χ0v) is 14.1. The summed E-state index contributed by atoms with van der Waals surface area (Å²) in [6, 6.07) is 15.5. The molecule has 0 saturated carbocycles. The summed E-state index contributed by atoms with van der Waals surface area (Å²) in [7, 11) is 2.12. The number of nitrogens with zero attached hydrogens (tertiary/aromatic N) is 2. The lowest BCUT2D eigenvalue weighted by molar-refractivity contribution is 0.311. The van der Waals surface area contributed by atoms with Crippen LogP contribution in [0.25, 0.3) is 22.7 Å². The van der Waals surface area contributed by atoms with Crippen LogP contribution in [0.4, 0.5) is 4.39 Å². The first kappa shape index (κ1) is 15.2. The SMILES string of the molecule is C/C(=C/c1ccccc1)n1c2c(c3cc(F)ccc31)CN(C)CC2. The molecule has 0 fully saturated rings. The summed E-state index contributed by atoms with van der Waals surface area (Å²) in [5.41, 5.74) is 6.03. The number of hydrogen-bond acceptors (Lipinski definition) is 1. The van der Waals surface area contributed by atoms with Crippen LogP contribution in [-0.4, -0.2) is 23.1 Å². The topological polar surface area (TPSA) is 8.17 Å². The first-order valence-electron chi connectivity index (χ1n) is 8.37. The molecule has 122 valence electrons. The minimum absolute atomic E-state index is 0.166. The van der Waals surface area contributed by atoms with Gasteiger partial charge in [-0.15, -0.1) is 0 Å². The van der Waals surface area contributed by atoms with Gasteiger partial charge in [0.05, 0.1) is 5.52 Å². The van der Waals surface area contributed by atoms with Gasteiger partial charge < -0.3 is 9.47 Å². The van der Waals surface area contributed by atoms with Crippen molar-refractivity contribution in [1.82, 2.24) is 9.47 Å². The van der Waals surface area contributed by atoms with E-state index < -0.39 is 0 Å². The van der Waals surface area contributed by atoms with Gasteiger partial charge in [-0.1, -0.05) is 30.3 Å². The first-order chi connectivity index (χ1) is 11.6. The molecule has 0 amide bonds. The molecule has 0 saturated heterocycles. The third-order valence-electron chi connectivity index (χ3n) is 4.83. The second-order valence-electron chi connectivity index (χ2n) is 6.61. The summed E-state index contributed by atoms with van der Waals surface area (Å²) in [5.74, 6) is -0.166. The molecule has 0 aliphatic carbocycles. The summed E-state index contributed by atoms with van der Waals surface area (Å²) in [5, 5.41) is 1.04. The molecule has 1 aromatic heterocycles. The molecule has 0 spiro atoms. The Balaban J connectivity index is 1.94. The van der Waals surface area contributed by atoms with Gasteiger partial charge in [0.1, 0.15) is 5.82 Å². The van der Waals surface area contributed by atoms with Crippen molar-refractivity contribution >= 4 is 22.7 Å². The minimum Gasteiger partial charge on any atom is -0.317 e. The zero-order chi connectivity index (χ0) is 16.7. The number of allylic oxidation sites excluding steroid dienone is 1. The van der Waals surface area contributed by atoms with E-state index in [9.17, 15) is 4.39 Å². The van der Waals surface area contributed by atoms with Crippen LogP contribution in [0.2, 0.25) is 0 Å². The zero-order valence-electron chi connectivity index (χ0n) is 14.1. The van der Waals surface area contributed by atoms with Crippen LogP contribution < -0.4 is 0 Å². The Hall–Kier alpha value is -2.39. The lowest BCUT2D eigenvalue weighted by Gasteiger charge is -2.24. The smallest absolute Gasteiger partial charge is 0.123 e. The number of likely N-dealkylation sites (N-methyl/N-ethyl adjacent to an activating group) is 1. The normalized spacial score (nSPS) is 15.7. The molecule has 2 nitrogen and oxygen atoms in total. The van der Waals surface area contributed by atoms with Crippen LogP contribution >= 0.6 is 0 Å². The van der Waals surface area contributed by atoms with Gasteiger partial charge in [0.2, 0.25) is 0 Å². The molecule has 0 bridgehead atoms. The van der Waals surface area contributed by atoms with Gasteiger partial charge in [-0.05, 0) is 49.4 Å². The molecule has 0 atom stereocenters. The van der Waals surface area contributed by atoms with Gasteiger partial charge >= 0.3 is 0 Å². The molecule has 4 rings (SSSR count). The van der Waals surface area contributed by atoms with Crippen LogP contribution in [0.5, 0.6) is 0 Å². The third kappa shape index (κ3) is 2.55. The number of benzene rings is 2. The molecule has 24 heavy (non-hydrogen) atoms. The summed E-state index contributed by atoms with van der Waals surface area (Å²) in [6.07, 6.45) is 3.18. The fraction of sp³-hybridized carbons (Fsp3) is 0.238. The molecular weight excluding hydrogens is 299 g/mol. The first-order valence-corrected chi connectivity index (χ1v) is 8.37. The molecule has 0 radical (unpaired) electrons. The maximum absolute atomic E-state index is 13.8. The lowest BCUT2D eigenvalue weighted by Crippen LogP contribution is -2.27. The molecule has 3 heteroatoms. The van der Waals surface area contributed by atoms with Crippen molar-refractivity contribution in [2.75, 3.05) is 13.6 Å². The Labute approximate surface area is 141 Å². The van der Waals surface area contributed by atoms with Crippen molar-refractivity contribution in [2.45, 2.75) is 19.9 Å². The van der Waals surface area contributed by atoms with Gasteiger partial charge in [0.15, 0.2) is 0 Å². The van der Waals surface area contributed by atoms with E-state index in [0.717, 1.165) is 30.4 Å². The van der Waals surface area contributed by atoms with Gasteiger partial charge in [-0.3, -0.25) is 0 Å². The molecule has 2 aromatic carbocycles. The van der Waals surface area contributed by atoms with Crippen molar-refractivity contribution in [3.05, 3.63) is 71.2 Å². The van der Waals surface area contributed by atoms with Crippen molar-refractivity contribution in [3.63, 3.8) is 0 Å². The predicted molar refractivity (Wildman–Crippen MR) is 98.2 cm³/mol. The average molecular weight is 320 g/mol. The van der Waals surface area contributed by atoms with E-state index in [2.05, 4.69) is 41.6 Å². The number of fused-ring (bicyclic) bond motifs is 3. The Morgan fingerprint density at radius 1 is 1.12 bits per heavy atom. The maximum Gasteiger partial charge on any atom is 0.123 e. The monoisotopic (exact) mass is 320 g/mol. The van der Waals surface area contributed by atoms with Crippen molar-refractivity contribution < 1.29 is 4.39 Å². The summed E-state index contributed by atoms with van der Waals surface area (Å²) < 4.78 is 16.1. The maximum atomic E-state index is 13.8. The van der Waals surface area contributed by atoms with E-state index >= 15 is 0 Å². The number of aromatic nitrogens is 1. The highest BCUT2D eigenvalue weighted by Gasteiger charge is 2.23. The molecular formula is C21H21FN2. The summed E-state index contributed by atoms with van der Waals surface area (Å²) >= 11 is 0. The molecule has 1 aliphatic heterocycles. The van der Waals surface area contributed by atoms with Crippen LogP contribution in [0.15, 0.2) is 48.5 Å². The standard InChI is InChI=1S/C21H21FN2/c1-15(12-16-6-4-3-5-7-16)24-20-9-8-17(22)13-18(20)19-14-23(2)11-10-21(19)24/h3-9,12-13H,10-11,14H2,1-2H3/b15-12-. The summed E-state index contributed by atoms with van der Waals surface area (Å²) in [4.78, 5) is 2.30. The molecule has 3 aromatic rings. The Morgan fingerprint density at radius 3 is 2.71 bits per heavy atom. The van der Waals surface area contributed by atoms with E-state index in [1.54, 1.807) is 12.1 Å². The van der Waals surface area contributed by atoms with Gasteiger partial charge in [-0.2, -0.15) is 0 Å². The predicted octanol–water partition coefficient (Wildman–Crippen LogP) is 4.79. The molecule has 0 unspecified atom stereocenters. The Morgan fingerprint density at radius 2 is 1.92 bits per heavy atom. The largest absolute Gasteiger partial charge is 0.317 e. The summed E-state index contributed by atoms with van der Waals surface area (Å²) in [6.45, 7) is 4.04. The van der Waals surface area contributed by atoms with Gasteiger partial charge in [0.25, 0.3) is 0 Å². The highest BCUT2D eigenvalue weighted by atomic mass is 19.1. The third-order valence-corrected chi connectivity index (χ3v) is 4.83. The average Bonchev–Trinajstić information content (AvgIpc) is 2.89. The number of hydrogen-bond donors (Lipinski definition) is 0. The Bertz CT molecular complexity index is 922. The van der Waals surface area contributed by atoms with Crippen LogP contribution in [0, 0.1) is 5.82 Å². The van der Waals surface area contributed by atoms with E-state index in [1.807, 2.05) is 24.3 Å².